The molecular weight excluding hydrogens is 643 g/mol. The van der Waals surface area contributed by atoms with E-state index in [1.54, 1.807) is 13.3 Å². The Hall–Kier alpha value is -1.56. The third-order valence-electron chi connectivity index (χ3n) is 5.89. The number of aromatic amines is 1. The van der Waals surface area contributed by atoms with E-state index in [0.717, 1.165) is 65.4 Å². The Bertz CT molecular complexity index is 1220. The van der Waals surface area contributed by atoms with E-state index >= 15 is 0 Å². The number of H-pyrrole nitrogens is 1. The van der Waals surface area contributed by atoms with Crippen molar-refractivity contribution in [2.24, 2.45) is 0 Å². The van der Waals surface area contributed by atoms with Crippen LogP contribution in [0, 0.1) is 0 Å². The molecule has 1 fully saturated rings. The lowest BCUT2D eigenvalue weighted by Gasteiger charge is -2.23. The minimum absolute atomic E-state index is 0.0726. The maximum absolute atomic E-state index is 9.68. The zero-order valence-electron chi connectivity index (χ0n) is 20.1. The van der Waals surface area contributed by atoms with Gasteiger partial charge in [-0.15, -0.1) is 47.3 Å². The molecule has 0 aliphatic carbocycles. The lowest BCUT2D eigenvalue weighted by Crippen LogP contribution is -2.18. The van der Waals surface area contributed by atoms with E-state index in [9.17, 15) is 5.11 Å². The first-order valence-electron chi connectivity index (χ1n) is 11.6. The molecule has 11 heteroatoms. The fraction of sp³-hybridized carbons (Fsp3) is 0.417. The number of nitrogens with zero attached hydrogens (tertiary/aromatic N) is 3. The van der Waals surface area contributed by atoms with Gasteiger partial charge in [-0.3, -0.25) is 5.10 Å². The zero-order chi connectivity index (χ0) is 25.4. The average molecular weight is 673 g/mol. The van der Waals surface area contributed by atoms with E-state index in [1.165, 1.54) is 12.0 Å². The summed E-state index contributed by atoms with van der Waals surface area (Å²) in [5, 5.41) is 22.7. The Morgan fingerprint density at radius 3 is 2.43 bits per heavy atom. The molecule has 2 N–H and O–H groups in total. The second-order valence-corrected chi connectivity index (χ2v) is 14.4. The molecule has 1 unspecified atom stereocenters. The second-order valence-electron chi connectivity index (χ2n) is 7.96. The lowest BCUT2D eigenvalue weighted by molar-refractivity contribution is -0.0366. The van der Waals surface area contributed by atoms with Gasteiger partial charge in [0.1, 0.15) is 11.5 Å². The predicted octanol–water partition coefficient (Wildman–Crippen LogP) is 7.29. The number of phenolic OH excluding ortho intramolecular Hbond substituents is 1. The Morgan fingerprint density at radius 2 is 1.80 bits per heavy atom. The van der Waals surface area contributed by atoms with E-state index in [1.807, 2.05) is 29.9 Å². The lowest BCUT2D eigenvalue weighted by atomic mass is 10.1. The van der Waals surface area contributed by atoms with Crippen LogP contribution in [-0.2, 0) is 17.6 Å². The van der Waals surface area contributed by atoms with Crippen molar-refractivity contribution in [2.45, 2.75) is 52.2 Å². The van der Waals surface area contributed by atoms with Crippen LogP contribution in [0.15, 0.2) is 36.7 Å². The van der Waals surface area contributed by atoms with Gasteiger partial charge >= 0.3 is 3.18 Å². The van der Waals surface area contributed by atoms with E-state index in [2.05, 4.69) is 81.6 Å². The Balaban J connectivity index is 0.000000183. The molecule has 0 amide bonds. The molecule has 0 spiro atoms. The van der Waals surface area contributed by atoms with Crippen LogP contribution in [0.2, 0.25) is 0 Å². The van der Waals surface area contributed by atoms with Crippen molar-refractivity contribution >= 4 is 72.3 Å². The van der Waals surface area contributed by atoms with Crippen LogP contribution in [-0.4, -0.2) is 42.0 Å². The number of halogens is 3. The monoisotopic (exact) mass is 670 g/mol. The number of aromatic nitrogens is 4. The van der Waals surface area contributed by atoms with Crippen molar-refractivity contribution in [3.05, 3.63) is 47.8 Å². The van der Waals surface area contributed by atoms with Crippen molar-refractivity contribution < 1.29 is 14.6 Å². The molecule has 5 rings (SSSR count). The summed E-state index contributed by atoms with van der Waals surface area (Å²) in [7, 11) is 1.72. The van der Waals surface area contributed by atoms with Crippen molar-refractivity contribution in [3.8, 4) is 11.5 Å². The molecule has 4 aromatic rings. The van der Waals surface area contributed by atoms with Gasteiger partial charge < -0.3 is 14.6 Å². The largest absolute Gasteiger partial charge is 0.507 e. The van der Waals surface area contributed by atoms with E-state index < -0.39 is 0 Å². The van der Waals surface area contributed by atoms with Crippen molar-refractivity contribution in [2.75, 3.05) is 13.7 Å². The summed E-state index contributed by atoms with van der Waals surface area (Å²) in [5.74, 6) is 1.30. The molecule has 35 heavy (non-hydrogen) atoms. The van der Waals surface area contributed by atoms with Crippen LogP contribution in [0.5, 0.6) is 11.5 Å². The first-order chi connectivity index (χ1) is 16.9. The number of fused-ring (bicyclic) bond motifs is 2. The minimum atomic E-state index is 0.0726. The molecule has 0 bridgehead atoms. The number of aryl methyl sites for hydroxylation is 2. The maximum Gasteiger partial charge on any atom is 0.369 e. The molecule has 1 saturated heterocycles. The number of nitrogens with one attached hydrogen (secondary N) is 1. The molecule has 3 heterocycles. The number of hydrogen-bond donors (Lipinski definition) is 2. The summed E-state index contributed by atoms with van der Waals surface area (Å²) < 4.78 is 13.6. The van der Waals surface area contributed by atoms with Gasteiger partial charge in [-0.2, -0.15) is 10.2 Å². The van der Waals surface area contributed by atoms with Gasteiger partial charge in [-0.05, 0) is 55.4 Å². The van der Waals surface area contributed by atoms with Crippen LogP contribution in [0.25, 0.3) is 21.8 Å². The summed E-state index contributed by atoms with van der Waals surface area (Å²) in [6.07, 6.45) is 8.80. The van der Waals surface area contributed by atoms with Crippen LogP contribution >= 0.6 is 47.3 Å². The number of phenols is 1. The fourth-order valence-electron chi connectivity index (χ4n) is 4.14. The van der Waals surface area contributed by atoms with Gasteiger partial charge in [0, 0.05) is 6.61 Å². The predicted molar refractivity (Wildman–Crippen MR) is 154 cm³/mol. The molecule has 0 radical (unpaired) electrons. The van der Waals surface area contributed by atoms with Gasteiger partial charge in [0.05, 0.1) is 41.3 Å². The molecule has 1 aliphatic rings. The zero-order valence-corrected chi connectivity index (χ0v) is 24.9. The highest BCUT2D eigenvalue weighted by Gasteiger charge is 2.20. The average Bonchev–Trinajstić information content (AvgIpc) is 3.52. The molecule has 2 aromatic heterocycles. The van der Waals surface area contributed by atoms with Crippen LogP contribution < -0.4 is 4.74 Å². The van der Waals surface area contributed by atoms with E-state index in [0.29, 0.717) is 5.75 Å². The highest BCUT2D eigenvalue weighted by atomic mass is 79.9. The molecule has 2 aromatic carbocycles. The van der Waals surface area contributed by atoms with Gasteiger partial charge in [-0.1, -0.05) is 26.0 Å². The van der Waals surface area contributed by atoms with Crippen molar-refractivity contribution in [3.63, 3.8) is 0 Å². The smallest absolute Gasteiger partial charge is 0.369 e. The standard InChI is InChI=1S/C15H20N2O2.C9H10N2O.BBr3/c1-3-11-7-8-13-12(15(11)18-2)10-16-17(13)14-6-4-5-9-19-14;1-2-6-3-4-8-7(9(6)12)5-10-11-8;2-1(3)4/h7-8,10,14H,3-6,9H2,1-2H3;3-5,12H,2H2,1H3,(H,10,11);. The summed E-state index contributed by atoms with van der Waals surface area (Å²) in [6, 6.07) is 8.10. The highest BCUT2D eigenvalue weighted by molar-refractivity contribution is 9.69. The quantitative estimate of drug-likeness (QED) is 0.223. The topological polar surface area (TPSA) is 85.2 Å². The van der Waals surface area contributed by atoms with Crippen LogP contribution in [0.4, 0.5) is 0 Å². The number of hydrogen-bond acceptors (Lipinski definition) is 5. The number of benzene rings is 2. The highest BCUT2D eigenvalue weighted by Crippen LogP contribution is 2.33. The summed E-state index contributed by atoms with van der Waals surface area (Å²) >= 11 is 9.31. The number of rotatable bonds is 4. The van der Waals surface area contributed by atoms with E-state index in [4.69, 9.17) is 9.47 Å². The van der Waals surface area contributed by atoms with Gasteiger partial charge in [-0.25, -0.2) is 4.68 Å². The number of methoxy groups -OCH3 is 1. The Kier molecular flexibility index (Phi) is 10.9. The second kappa shape index (κ2) is 13.7. The number of aromatic hydroxyl groups is 1. The Labute approximate surface area is 230 Å². The first-order valence-corrected chi connectivity index (χ1v) is 14.4. The molecule has 1 aliphatic heterocycles. The molecule has 188 valence electrons. The third-order valence-corrected chi connectivity index (χ3v) is 5.89. The molecule has 0 saturated carbocycles. The summed E-state index contributed by atoms with van der Waals surface area (Å²) in [5.41, 5.74) is 4.16. The third kappa shape index (κ3) is 7.02. The molecular formula is C24H30BBr3N4O3. The first kappa shape index (κ1) is 28.0. The van der Waals surface area contributed by atoms with E-state index in [-0.39, 0.29) is 9.41 Å². The van der Waals surface area contributed by atoms with Gasteiger partial charge in [0.15, 0.2) is 6.23 Å². The summed E-state index contributed by atoms with van der Waals surface area (Å²) in [6.45, 7) is 4.98. The van der Waals surface area contributed by atoms with Crippen LogP contribution in [0.1, 0.15) is 50.5 Å². The van der Waals surface area contributed by atoms with Crippen molar-refractivity contribution in [1.82, 2.24) is 20.0 Å². The van der Waals surface area contributed by atoms with Crippen molar-refractivity contribution in [1.29, 1.82) is 0 Å². The SMILES string of the molecule is BrB(Br)Br.CCc1ccc2[nH]ncc2c1O.CCc1ccc2c(cnn2C2CCCCO2)c1OC. The maximum atomic E-state index is 9.68. The van der Waals surface area contributed by atoms with Gasteiger partial charge in [0.25, 0.3) is 0 Å². The minimum Gasteiger partial charge on any atom is -0.507 e. The van der Waals surface area contributed by atoms with Gasteiger partial charge in [0.2, 0.25) is 0 Å². The number of ether oxygens (including phenoxy) is 2. The molecule has 7 nitrogen and oxygen atoms in total. The Morgan fingerprint density at radius 1 is 1.09 bits per heavy atom. The fourth-order valence-corrected chi connectivity index (χ4v) is 4.14. The van der Waals surface area contributed by atoms with Crippen LogP contribution in [0.3, 0.4) is 0 Å². The summed E-state index contributed by atoms with van der Waals surface area (Å²) in [4.78, 5) is 0. The molecule has 1 atom stereocenters. The normalized spacial score (nSPS) is 15.2.